The standard InChI is InChI=1S/C29H40N2O3S2/c1-21-17-23(19-27(35-3)30-9-13-33-14-10-30)5-7-25(21)29(32)26-8-6-24(18-22(26)2)20-28(36-4)31-11-15-34-16-12-31/h5-8,17-18,27-28H,9-16,19-20H2,1-4H3. The molecule has 7 heteroatoms. The van der Waals surface area contributed by atoms with Crippen molar-refractivity contribution < 1.29 is 14.3 Å². The molecule has 36 heavy (non-hydrogen) atoms. The summed E-state index contributed by atoms with van der Waals surface area (Å²) in [6.07, 6.45) is 6.31. The molecule has 0 aliphatic carbocycles. The van der Waals surface area contributed by atoms with Crippen LogP contribution in [0, 0.1) is 13.8 Å². The molecule has 0 bridgehead atoms. The lowest BCUT2D eigenvalue weighted by atomic mass is 9.93. The van der Waals surface area contributed by atoms with Gasteiger partial charge in [0, 0.05) is 37.3 Å². The van der Waals surface area contributed by atoms with Crippen molar-refractivity contribution >= 4 is 29.3 Å². The Morgan fingerprint density at radius 2 is 1.14 bits per heavy atom. The first-order chi connectivity index (χ1) is 17.5. The van der Waals surface area contributed by atoms with Gasteiger partial charge in [-0.1, -0.05) is 36.4 Å². The molecule has 2 aliphatic heterocycles. The maximum Gasteiger partial charge on any atom is 0.193 e. The van der Waals surface area contributed by atoms with Crippen LogP contribution in [0.4, 0.5) is 0 Å². The van der Waals surface area contributed by atoms with Crippen molar-refractivity contribution in [1.29, 1.82) is 0 Å². The first kappa shape index (κ1) is 27.7. The van der Waals surface area contributed by atoms with Crippen LogP contribution in [0.25, 0.3) is 0 Å². The molecule has 2 atom stereocenters. The summed E-state index contributed by atoms with van der Waals surface area (Å²) in [4.78, 5) is 18.5. The van der Waals surface area contributed by atoms with Crippen molar-refractivity contribution in [3.63, 3.8) is 0 Å². The Hall–Kier alpha value is -1.35. The number of thioether (sulfide) groups is 2. The summed E-state index contributed by atoms with van der Waals surface area (Å²) < 4.78 is 11.0. The minimum atomic E-state index is 0.118. The minimum Gasteiger partial charge on any atom is -0.379 e. The van der Waals surface area contributed by atoms with Crippen LogP contribution in [0.1, 0.15) is 38.2 Å². The fraction of sp³-hybridized carbons (Fsp3) is 0.552. The van der Waals surface area contributed by atoms with E-state index in [0.717, 1.165) is 87.7 Å². The summed E-state index contributed by atoms with van der Waals surface area (Å²) in [5, 5.41) is 0.874. The zero-order valence-electron chi connectivity index (χ0n) is 22.1. The molecule has 0 spiro atoms. The highest BCUT2D eigenvalue weighted by Gasteiger charge is 2.23. The largest absolute Gasteiger partial charge is 0.379 e. The van der Waals surface area contributed by atoms with E-state index in [9.17, 15) is 4.79 Å². The third-order valence-electron chi connectivity index (χ3n) is 7.34. The van der Waals surface area contributed by atoms with Crippen LogP contribution >= 0.6 is 23.5 Å². The Labute approximate surface area is 225 Å². The van der Waals surface area contributed by atoms with E-state index in [0.29, 0.717) is 10.7 Å². The van der Waals surface area contributed by atoms with Crippen LogP contribution in [0.2, 0.25) is 0 Å². The molecule has 0 saturated carbocycles. The summed E-state index contributed by atoms with van der Waals surface area (Å²) >= 11 is 3.79. The van der Waals surface area contributed by atoms with E-state index in [1.54, 1.807) is 0 Å². The Kier molecular flexibility index (Phi) is 10.3. The maximum atomic E-state index is 13.5. The molecule has 2 aliphatic rings. The molecule has 2 heterocycles. The molecular formula is C29H40N2O3S2. The van der Waals surface area contributed by atoms with Crippen molar-refractivity contribution in [2.24, 2.45) is 0 Å². The molecule has 0 amide bonds. The number of nitrogens with zero attached hydrogens (tertiary/aromatic N) is 2. The molecule has 2 fully saturated rings. The zero-order valence-corrected chi connectivity index (χ0v) is 23.8. The topological polar surface area (TPSA) is 42.0 Å². The van der Waals surface area contributed by atoms with Crippen molar-refractivity contribution in [2.75, 3.05) is 65.1 Å². The highest BCUT2D eigenvalue weighted by atomic mass is 32.2. The van der Waals surface area contributed by atoms with Gasteiger partial charge in [-0.15, -0.1) is 23.5 Å². The number of rotatable bonds is 10. The second kappa shape index (κ2) is 13.4. The summed E-state index contributed by atoms with van der Waals surface area (Å²) in [7, 11) is 0. The number of ketones is 1. The molecule has 5 nitrogen and oxygen atoms in total. The van der Waals surface area contributed by atoms with Gasteiger partial charge in [-0.2, -0.15) is 0 Å². The van der Waals surface area contributed by atoms with Gasteiger partial charge in [0.25, 0.3) is 0 Å². The lowest BCUT2D eigenvalue weighted by Gasteiger charge is -2.33. The summed E-state index contributed by atoms with van der Waals surface area (Å²) in [5.74, 6) is 0.118. The number of hydrogen-bond acceptors (Lipinski definition) is 7. The van der Waals surface area contributed by atoms with Gasteiger partial charge in [0.05, 0.1) is 37.2 Å². The van der Waals surface area contributed by atoms with Crippen LogP contribution in [0.5, 0.6) is 0 Å². The van der Waals surface area contributed by atoms with Crippen molar-refractivity contribution in [3.8, 4) is 0 Å². The number of hydrogen-bond donors (Lipinski definition) is 0. The SMILES string of the molecule is CSC(Cc1ccc(C(=O)c2ccc(CC(SC)N3CCOCC3)cc2C)c(C)c1)N1CCOCC1. The Bertz CT molecular complexity index is 940. The van der Waals surface area contributed by atoms with Gasteiger partial charge in [-0.25, -0.2) is 0 Å². The monoisotopic (exact) mass is 528 g/mol. The number of carbonyl (C=O) groups excluding carboxylic acids is 1. The molecule has 0 radical (unpaired) electrons. The van der Waals surface area contributed by atoms with Crippen LogP contribution in [0.15, 0.2) is 36.4 Å². The average molecular weight is 529 g/mol. The number of benzene rings is 2. The second-order valence-electron chi connectivity index (χ2n) is 9.71. The van der Waals surface area contributed by atoms with E-state index in [1.165, 1.54) is 11.1 Å². The third kappa shape index (κ3) is 6.94. The lowest BCUT2D eigenvalue weighted by molar-refractivity contribution is 0.0327. The third-order valence-corrected chi connectivity index (χ3v) is 9.36. The van der Waals surface area contributed by atoms with Crippen LogP contribution < -0.4 is 0 Å². The molecule has 196 valence electrons. The van der Waals surface area contributed by atoms with Crippen LogP contribution in [-0.4, -0.2) is 91.4 Å². The first-order valence-corrected chi connectivity index (χ1v) is 15.5. The normalized spacial score (nSPS) is 19.2. The fourth-order valence-electron chi connectivity index (χ4n) is 5.22. The fourth-order valence-corrected chi connectivity index (χ4v) is 6.95. The Morgan fingerprint density at radius 1 is 0.750 bits per heavy atom. The highest BCUT2D eigenvalue weighted by molar-refractivity contribution is 7.99. The van der Waals surface area contributed by atoms with Gasteiger partial charge in [-0.05, 0) is 61.5 Å². The molecule has 2 unspecified atom stereocenters. The maximum absolute atomic E-state index is 13.5. The predicted octanol–water partition coefficient (Wildman–Crippen LogP) is 4.66. The Balaban J connectivity index is 1.44. The second-order valence-corrected chi connectivity index (χ2v) is 11.7. The van der Waals surface area contributed by atoms with E-state index in [1.807, 2.05) is 35.7 Å². The van der Waals surface area contributed by atoms with Crippen LogP contribution in [-0.2, 0) is 22.3 Å². The minimum absolute atomic E-state index is 0.118. The van der Waals surface area contributed by atoms with Gasteiger partial charge < -0.3 is 9.47 Å². The molecule has 2 aromatic carbocycles. The van der Waals surface area contributed by atoms with Gasteiger partial charge in [-0.3, -0.25) is 14.6 Å². The zero-order chi connectivity index (χ0) is 25.5. The van der Waals surface area contributed by atoms with Crippen LogP contribution in [0.3, 0.4) is 0 Å². The number of carbonyl (C=O) groups is 1. The average Bonchev–Trinajstić information content (AvgIpc) is 2.91. The van der Waals surface area contributed by atoms with Gasteiger partial charge >= 0.3 is 0 Å². The van der Waals surface area contributed by atoms with E-state index in [2.05, 4.69) is 60.4 Å². The molecule has 4 rings (SSSR count). The molecule has 2 aromatic rings. The van der Waals surface area contributed by atoms with Gasteiger partial charge in [0.2, 0.25) is 0 Å². The highest BCUT2D eigenvalue weighted by Crippen LogP contribution is 2.25. The van der Waals surface area contributed by atoms with Gasteiger partial charge in [0.15, 0.2) is 5.78 Å². The van der Waals surface area contributed by atoms with Crippen molar-refractivity contribution in [2.45, 2.75) is 37.4 Å². The summed E-state index contributed by atoms with van der Waals surface area (Å²) in [5.41, 5.74) is 6.28. The molecular weight excluding hydrogens is 488 g/mol. The lowest BCUT2D eigenvalue weighted by Crippen LogP contribution is -2.42. The van der Waals surface area contributed by atoms with Crippen molar-refractivity contribution in [3.05, 3.63) is 69.8 Å². The summed E-state index contributed by atoms with van der Waals surface area (Å²) in [6.45, 7) is 11.3. The number of morpholine rings is 2. The van der Waals surface area contributed by atoms with Crippen molar-refractivity contribution in [1.82, 2.24) is 9.80 Å². The number of ether oxygens (including phenoxy) is 2. The quantitative estimate of drug-likeness (QED) is 0.416. The summed E-state index contributed by atoms with van der Waals surface area (Å²) in [6, 6.07) is 12.7. The van der Waals surface area contributed by atoms with E-state index in [4.69, 9.17) is 9.47 Å². The molecule has 0 N–H and O–H groups in total. The van der Waals surface area contributed by atoms with Gasteiger partial charge in [0.1, 0.15) is 0 Å². The predicted molar refractivity (Wildman–Crippen MR) is 153 cm³/mol. The van der Waals surface area contributed by atoms with E-state index < -0.39 is 0 Å². The van der Waals surface area contributed by atoms with E-state index >= 15 is 0 Å². The smallest absolute Gasteiger partial charge is 0.193 e. The number of aryl methyl sites for hydroxylation is 2. The van der Waals surface area contributed by atoms with E-state index in [-0.39, 0.29) is 5.78 Å². The first-order valence-electron chi connectivity index (χ1n) is 12.9. The molecule has 2 saturated heterocycles. The Morgan fingerprint density at radius 3 is 1.47 bits per heavy atom. The molecule has 0 aromatic heterocycles.